The van der Waals surface area contributed by atoms with Crippen molar-refractivity contribution in [3.63, 3.8) is 0 Å². The third-order valence-corrected chi connectivity index (χ3v) is 14.5. The molecule has 5 aliphatic rings. The number of carbonyl (C=O) groups is 1. The molecule has 0 bridgehead atoms. The topological polar surface area (TPSA) is 26.3 Å². The van der Waals surface area contributed by atoms with E-state index in [1.807, 2.05) is 42.0 Å². The number of carbonyl (C=O) groups excluding carboxylic acids is 1. The molecule has 0 N–H and O–H groups in total. The maximum Gasteiger partial charge on any atom is 0.331 e. The van der Waals surface area contributed by atoms with E-state index in [1.165, 1.54) is 51.4 Å². The summed E-state index contributed by atoms with van der Waals surface area (Å²) in [7, 11) is 0. The molecule has 0 unspecified atom stereocenters. The van der Waals surface area contributed by atoms with Crippen LogP contribution in [0.15, 0.2) is 48.1 Å². The average Bonchev–Trinajstić information content (AvgIpc) is 2.91. The highest BCUT2D eigenvalue weighted by Crippen LogP contribution is 2.75. The summed E-state index contributed by atoms with van der Waals surface area (Å²) in [6.07, 6.45) is 19.1. The fourth-order valence-electron chi connectivity index (χ4n) is 11.6. The molecule has 0 heterocycles. The van der Waals surface area contributed by atoms with Gasteiger partial charge in [-0.1, -0.05) is 97.4 Å². The second kappa shape index (κ2) is 9.59. The zero-order valence-corrected chi connectivity index (χ0v) is 27.3. The predicted octanol–water partition coefficient (Wildman–Crippen LogP) is 10.4. The van der Waals surface area contributed by atoms with Gasteiger partial charge in [-0.05, 0) is 121 Å². The van der Waals surface area contributed by atoms with Gasteiger partial charge in [-0.15, -0.1) is 0 Å². The maximum absolute atomic E-state index is 13.0. The smallest absolute Gasteiger partial charge is 0.331 e. The summed E-state index contributed by atoms with van der Waals surface area (Å²) in [4.78, 5) is 13.0. The molecule has 224 valence electrons. The first-order valence-electron chi connectivity index (χ1n) is 16.8. The maximum atomic E-state index is 13.0. The summed E-state index contributed by atoms with van der Waals surface area (Å²) >= 11 is 0. The van der Waals surface area contributed by atoms with Gasteiger partial charge in [0.05, 0.1) is 0 Å². The van der Waals surface area contributed by atoms with E-state index in [1.54, 1.807) is 6.08 Å². The third kappa shape index (κ3) is 4.43. The molecular weight excluding hydrogens is 500 g/mol. The molecule has 5 aliphatic carbocycles. The summed E-state index contributed by atoms with van der Waals surface area (Å²) < 4.78 is 6.24. The Morgan fingerprint density at radius 1 is 0.829 bits per heavy atom. The van der Waals surface area contributed by atoms with E-state index >= 15 is 0 Å². The number of ether oxygens (including phenoxy) is 1. The zero-order valence-electron chi connectivity index (χ0n) is 27.3. The van der Waals surface area contributed by atoms with Gasteiger partial charge in [0.15, 0.2) is 0 Å². The molecule has 1 aromatic carbocycles. The average molecular weight is 557 g/mol. The Labute approximate surface area is 250 Å². The number of esters is 1. The van der Waals surface area contributed by atoms with Gasteiger partial charge in [0.25, 0.3) is 0 Å². The highest BCUT2D eigenvalue weighted by molar-refractivity contribution is 5.87. The van der Waals surface area contributed by atoms with Crippen molar-refractivity contribution in [1.82, 2.24) is 0 Å². The SMILES string of the molecule is CC1(C)CC[C@]2(C)CC[C@]3(C)C(=CC[C@@H]4[C@]5(C)CC[C@H](OC(=O)C=Cc6ccccc6)C(C)(C)[C@@H]5CC[C@]43C)[C@H]2C1. The van der Waals surface area contributed by atoms with Gasteiger partial charge in [-0.3, -0.25) is 0 Å². The van der Waals surface area contributed by atoms with Crippen LogP contribution in [-0.2, 0) is 9.53 Å². The highest BCUT2D eigenvalue weighted by Gasteiger charge is 2.68. The second-order valence-corrected chi connectivity index (χ2v) is 17.4. The standard InChI is InChI=1S/C39H56O2/c1-34(2)22-23-36(5)24-25-38(7)28(29(36)26-34)15-16-31-37(6)20-19-32(35(3,4)30(37)18-21-39(31,38)8)41-33(40)17-14-27-12-10-9-11-13-27/h9-15,17,29-32H,16,18-26H2,1-8H3/t29-,30+,31-,32+,36-,37-,38-,39-/m1/s1. The van der Waals surface area contributed by atoms with E-state index in [0.717, 1.165) is 24.3 Å². The van der Waals surface area contributed by atoms with Crippen molar-refractivity contribution in [2.75, 3.05) is 0 Å². The van der Waals surface area contributed by atoms with Crippen molar-refractivity contribution < 1.29 is 9.53 Å². The lowest BCUT2D eigenvalue weighted by atomic mass is 9.33. The molecule has 0 aliphatic heterocycles. The molecule has 8 atom stereocenters. The van der Waals surface area contributed by atoms with Crippen LogP contribution in [0, 0.1) is 50.2 Å². The fraction of sp³-hybridized carbons (Fsp3) is 0.718. The van der Waals surface area contributed by atoms with E-state index in [9.17, 15) is 4.79 Å². The molecule has 4 fully saturated rings. The largest absolute Gasteiger partial charge is 0.459 e. The number of allylic oxidation sites excluding steroid dienone is 2. The molecule has 0 spiro atoms. The first-order chi connectivity index (χ1) is 19.1. The summed E-state index contributed by atoms with van der Waals surface area (Å²) in [5.74, 6) is 1.81. The predicted molar refractivity (Wildman–Crippen MR) is 170 cm³/mol. The van der Waals surface area contributed by atoms with Crippen LogP contribution in [0.4, 0.5) is 0 Å². The van der Waals surface area contributed by atoms with Crippen LogP contribution in [0.1, 0.15) is 125 Å². The molecule has 0 radical (unpaired) electrons. The van der Waals surface area contributed by atoms with Crippen LogP contribution < -0.4 is 0 Å². The van der Waals surface area contributed by atoms with Gasteiger partial charge in [0, 0.05) is 11.5 Å². The van der Waals surface area contributed by atoms with Crippen LogP contribution in [0.25, 0.3) is 6.08 Å². The lowest BCUT2D eigenvalue weighted by Crippen LogP contribution is -2.64. The Balaban J connectivity index is 1.25. The van der Waals surface area contributed by atoms with Crippen LogP contribution in [0.3, 0.4) is 0 Å². The van der Waals surface area contributed by atoms with E-state index in [2.05, 4.69) is 61.5 Å². The van der Waals surface area contributed by atoms with Crippen molar-refractivity contribution in [1.29, 1.82) is 0 Å². The van der Waals surface area contributed by atoms with E-state index in [4.69, 9.17) is 4.74 Å². The molecule has 4 saturated carbocycles. The van der Waals surface area contributed by atoms with Crippen LogP contribution in [0.2, 0.25) is 0 Å². The molecule has 2 nitrogen and oxygen atoms in total. The molecular formula is C39H56O2. The zero-order chi connectivity index (χ0) is 29.5. The first-order valence-corrected chi connectivity index (χ1v) is 16.8. The van der Waals surface area contributed by atoms with E-state index in [0.29, 0.717) is 33.5 Å². The molecule has 41 heavy (non-hydrogen) atoms. The van der Waals surface area contributed by atoms with E-state index < -0.39 is 0 Å². The minimum atomic E-state index is -0.199. The lowest BCUT2D eigenvalue weighted by Gasteiger charge is -2.71. The van der Waals surface area contributed by atoms with Crippen molar-refractivity contribution in [3.8, 4) is 0 Å². The minimum absolute atomic E-state index is 0.0250. The minimum Gasteiger partial charge on any atom is -0.459 e. The second-order valence-electron chi connectivity index (χ2n) is 17.4. The van der Waals surface area contributed by atoms with Gasteiger partial charge in [0.1, 0.15) is 6.10 Å². The molecule has 0 amide bonds. The Morgan fingerprint density at radius 3 is 2.27 bits per heavy atom. The number of benzene rings is 1. The first kappa shape index (κ1) is 29.3. The number of hydrogen-bond donors (Lipinski definition) is 0. The summed E-state index contributed by atoms with van der Waals surface area (Å²) in [5, 5.41) is 0. The highest BCUT2D eigenvalue weighted by atomic mass is 16.5. The molecule has 2 heteroatoms. The Hall–Kier alpha value is -1.83. The summed E-state index contributed by atoms with van der Waals surface area (Å²) in [5.41, 5.74) is 4.72. The molecule has 6 rings (SSSR count). The quantitative estimate of drug-likeness (QED) is 0.210. The number of rotatable bonds is 3. The van der Waals surface area contributed by atoms with Gasteiger partial charge in [0.2, 0.25) is 0 Å². The lowest BCUT2D eigenvalue weighted by molar-refractivity contribution is -0.210. The van der Waals surface area contributed by atoms with Gasteiger partial charge in [-0.2, -0.15) is 0 Å². The Morgan fingerprint density at radius 2 is 1.54 bits per heavy atom. The van der Waals surface area contributed by atoms with Crippen molar-refractivity contribution in [2.24, 2.45) is 50.2 Å². The van der Waals surface area contributed by atoms with Gasteiger partial charge in [-0.25, -0.2) is 4.79 Å². The Bertz CT molecular complexity index is 1240. The normalized spacial score (nSPS) is 44.5. The van der Waals surface area contributed by atoms with Crippen LogP contribution >= 0.6 is 0 Å². The molecule has 1 aromatic rings. The monoisotopic (exact) mass is 556 g/mol. The third-order valence-electron chi connectivity index (χ3n) is 14.5. The fourth-order valence-corrected chi connectivity index (χ4v) is 11.6. The van der Waals surface area contributed by atoms with Gasteiger partial charge < -0.3 is 4.74 Å². The molecule has 0 aromatic heterocycles. The van der Waals surface area contributed by atoms with E-state index in [-0.39, 0.29) is 22.9 Å². The van der Waals surface area contributed by atoms with Crippen LogP contribution in [-0.4, -0.2) is 12.1 Å². The van der Waals surface area contributed by atoms with Crippen molar-refractivity contribution >= 4 is 12.0 Å². The molecule has 0 saturated heterocycles. The number of fused-ring (bicyclic) bond motifs is 7. The van der Waals surface area contributed by atoms with Gasteiger partial charge >= 0.3 is 5.97 Å². The van der Waals surface area contributed by atoms with Crippen molar-refractivity contribution in [2.45, 2.75) is 126 Å². The number of hydrogen-bond acceptors (Lipinski definition) is 2. The summed E-state index contributed by atoms with van der Waals surface area (Å²) in [6, 6.07) is 10.0. The summed E-state index contributed by atoms with van der Waals surface area (Å²) in [6.45, 7) is 20.5. The Kier molecular flexibility index (Phi) is 6.84. The van der Waals surface area contributed by atoms with Crippen molar-refractivity contribution in [3.05, 3.63) is 53.6 Å². The van der Waals surface area contributed by atoms with Crippen LogP contribution in [0.5, 0.6) is 0 Å².